The van der Waals surface area contributed by atoms with Crippen molar-refractivity contribution in [2.45, 2.75) is 19.8 Å². The van der Waals surface area contributed by atoms with Crippen LogP contribution in [0.3, 0.4) is 0 Å². The Bertz CT molecular complexity index is 481. The van der Waals surface area contributed by atoms with Crippen LogP contribution < -0.4 is 10.2 Å². The molecule has 1 fully saturated rings. The van der Waals surface area contributed by atoms with Gasteiger partial charge in [-0.1, -0.05) is 0 Å². The fourth-order valence-corrected chi connectivity index (χ4v) is 2.26. The minimum absolute atomic E-state index is 0.00237. The van der Waals surface area contributed by atoms with Crippen molar-refractivity contribution in [3.8, 4) is 0 Å². The summed E-state index contributed by atoms with van der Waals surface area (Å²) in [7, 11) is 0. The predicted molar refractivity (Wildman–Crippen MR) is 72.6 cm³/mol. The zero-order valence-corrected chi connectivity index (χ0v) is 11.4. The van der Waals surface area contributed by atoms with Crippen molar-refractivity contribution in [2.75, 3.05) is 24.5 Å². The molecule has 0 unspecified atom stereocenters. The standard InChI is InChI=1S/C13H18N4O3/c1-9(18)14-8-10-4-6-17(7-5-10)12-3-2-11(13(19)20)15-16-12/h2-3,10H,4-8H2,1H3,(H,14,18)(H,19,20). The molecule has 20 heavy (non-hydrogen) atoms. The van der Waals surface area contributed by atoms with Crippen molar-refractivity contribution >= 4 is 17.7 Å². The summed E-state index contributed by atoms with van der Waals surface area (Å²) in [4.78, 5) is 23.7. The first kappa shape index (κ1) is 14.2. The third-order valence-corrected chi connectivity index (χ3v) is 3.45. The molecule has 7 nitrogen and oxygen atoms in total. The molecule has 1 aromatic rings. The van der Waals surface area contributed by atoms with E-state index < -0.39 is 5.97 Å². The maximum absolute atomic E-state index is 10.9. The number of nitrogens with one attached hydrogen (secondary N) is 1. The highest BCUT2D eigenvalue weighted by Crippen LogP contribution is 2.20. The van der Waals surface area contributed by atoms with Gasteiger partial charge in [0, 0.05) is 26.6 Å². The zero-order valence-electron chi connectivity index (χ0n) is 11.4. The maximum Gasteiger partial charge on any atom is 0.356 e. The lowest BCUT2D eigenvalue weighted by molar-refractivity contribution is -0.119. The van der Waals surface area contributed by atoms with E-state index in [1.54, 1.807) is 6.07 Å². The summed E-state index contributed by atoms with van der Waals surface area (Å²) < 4.78 is 0. The number of anilines is 1. The first-order chi connectivity index (χ1) is 9.56. The number of hydrogen-bond acceptors (Lipinski definition) is 5. The normalized spacial score (nSPS) is 15.9. The average molecular weight is 278 g/mol. The molecule has 1 saturated heterocycles. The molecule has 2 N–H and O–H groups in total. The molecule has 0 atom stereocenters. The molecule has 0 aromatic carbocycles. The van der Waals surface area contributed by atoms with Crippen LogP contribution in [0.2, 0.25) is 0 Å². The van der Waals surface area contributed by atoms with Gasteiger partial charge >= 0.3 is 5.97 Å². The van der Waals surface area contributed by atoms with E-state index in [4.69, 9.17) is 5.11 Å². The van der Waals surface area contributed by atoms with E-state index in [0.29, 0.717) is 18.3 Å². The molecule has 0 spiro atoms. The highest BCUT2D eigenvalue weighted by molar-refractivity contribution is 5.85. The van der Waals surface area contributed by atoms with Gasteiger partial charge in [0.25, 0.3) is 0 Å². The fourth-order valence-electron chi connectivity index (χ4n) is 2.26. The number of nitrogens with zero attached hydrogens (tertiary/aromatic N) is 3. The number of piperidine rings is 1. The molecule has 2 heterocycles. The third kappa shape index (κ3) is 3.66. The minimum atomic E-state index is -1.07. The van der Waals surface area contributed by atoms with Gasteiger partial charge in [-0.3, -0.25) is 4.79 Å². The molecule has 108 valence electrons. The van der Waals surface area contributed by atoms with Gasteiger partial charge in [-0.2, -0.15) is 0 Å². The van der Waals surface area contributed by atoms with Crippen LogP contribution in [0.15, 0.2) is 12.1 Å². The summed E-state index contributed by atoms with van der Waals surface area (Å²) in [5.74, 6) is 0.120. The zero-order chi connectivity index (χ0) is 14.5. The molecule has 1 aromatic heterocycles. The van der Waals surface area contributed by atoms with Gasteiger partial charge in [0.05, 0.1) is 0 Å². The predicted octanol–water partition coefficient (Wildman–Crippen LogP) is 0.527. The van der Waals surface area contributed by atoms with E-state index >= 15 is 0 Å². The van der Waals surface area contributed by atoms with E-state index in [2.05, 4.69) is 20.4 Å². The van der Waals surface area contributed by atoms with Crippen molar-refractivity contribution in [1.29, 1.82) is 0 Å². The van der Waals surface area contributed by atoms with Gasteiger partial charge in [0.15, 0.2) is 11.5 Å². The molecule has 0 radical (unpaired) electrons. The Morgan fingerprint density at radius 2 is 2.05 bits per heavy atom. The Balaban J connectivity index is 1.87. The Hall–Kier alpha value is -2.18. The summed E-state index contributed by atoms with van der Waals surface area (Å²) in [6.07, 6.45) is 1.95. The van der Waals surface area contributed by atoms with Crippen LogP contribution >= 0.6 is 0 Å². The Morgan fingerprint density at radius 1 is 1.35 bits per heavy atom. The Kier molecular flexibility index (Phi) is 4.49. The van der Waals surface area contributed by atoms with Crippen LogP contribution in [0.5, 0.6) is 0 Å². The molecule has 1 aliphatic heterocycles. The quantitative estimate of drug-likeness (QED) is 0.834. The lowest BCUT2D eigenvalue weighted by Crippen LogP contribution is -2.38. The van der Waals surface area contributed by atoms with E-state index in [-0.39, 0.29) is 11.6 Å². The number of carboxylic acid groups (broad SMARTS) is 1. The summed E-state index contributed by atoms with van der Waals surface area (Å²) in [6.45, 7) is 3.91. The van der Waals surface area contributed by atoms with Gasteiger partial charge in [0.2, 0.25) is 5.91 Å². The van der Waals surface area contributed by atoms with Crippen molar-refractivity contribution in [3.63, 3.8) is 0 Å². The van der Waals surface area contributed by atoms with Crippen LogP contribution in [0.4, 0.5) is 5.82 Å². The molecular weight excluding hydrogens is 260 g/mol. The van der Waals surface area contributed by atoms with Crippen molar-refractivity contribution in [1.82, 2.24) is 15.5 Å². The maximum atomic E-state index is 10.9. The lowest BCUT2D eigenvalue weighted by atomic mass is 9.97. The average Bonchev–Trinajstić information content (AvgIpc) is 2.46. The van der Waals surface area contributed by atoms with E-state index in [1.165, 1.54) is 13.0 Å². The molecule has 7 heteroatoms. The Labute approximate surface area is 117 Å². The van der Waals surface area contributed by atoms with Gasteiger partial charge in [-0.25, -0.2) is 4.79 Å². The van der Waals surface area contributed by atoms with Crippen molar-refractivity contribution in [2.24, 2.45) is 5.92 Å². The van der Waals surface area contributed by atoms with Crippen LogP contribution in [0.25, 0.3) is 0 Å². The number of hydrogen-bond donors (Lipinski definition) is 2. The first-order valence-corrected chi connectivity index (χ1v) is 6.62. The second-order valence-corrected chi connectivity index (χ2v) is 4.95. The third-order valence-electron chi connectivity index (χ3n) is 3.45. The number of aromatic nitrogens is 2. The molecule has 0 aliphatic carbocycles. The molecule has 2 rings (SSSR count). The largest absolute Gasteiger partial charge is 0.476 e. The van der Waals surface area contributed by atoms with Gasteiger partial charge in [-0.05, 0) is 30.9 Å². The van der Waals surface area contributed by atoms with Crippen LogP contribution in [0, 0.1) is 5.92 Å². The summed E-state index contributed by atoms with van der Waals surface area (Å²) in [5.41, 5.74) is -0.0469. The molecule has 0 bridgehead atoms. The second-order valence-electron chi connectivity index (χ2n) is 4.95. The summed E-state index contributed by atoms with van der Waals surface area (Å²) >= 11 is 0. The topological polar surface area (TPSA) is 95.4 Å². The Morgan fingerprint density at radius 3 is 2.55 bits per heavy atom. The van der Waals surface area contributed by atoms with E-state index in [1.807, 2.05) is 0 Å². The smallest absolute Gasteiger partial charge is 0.356 e. The summed E-state index contributed by atoms with van der Waals surface area (Å²) in [6, 6.07) is 3.15. The second kappa shape index (κ2) is 6.31. The highest BCUT2D eigenvalue weighted by atomic mass is 16.4. The number of rotatable bonds is 4. The molecule has 0 saturated carbocycles. The van der Waals surface area contributed by atoms with Gasteiger partial charge < -0.3 is 15.3 Å². The SMILES string of the molecule is CC(=O)NCC1CCN(c2ccc(C(=O)O)nn2)CC1. The van der Waals surface area contributed by atoms with Crippen molar-refractivity contribution < 1.29 is 14.7 Å². The van der Waals surface area contributed by atoms with Crippen LogP contribution in [-0.4, -0.2) is 46.8 Å². The van der Waals surface area contributed by atoms with E-state index in [9.17, 15) is 9.59 Å². The molecule has 1 amide bonds. The van der Waals surface area contributed by atoms with Crippen LogP contribution in [0.1, 0.15) is 30.3 Å². The van der Waals surface area contributed by atoms with Gasteiger partial charge in [-0.15, -0.1) is 10.2 Å². The fraction of sp³-hybridized carbons (Fsp3) is 0.538. The molecule has 1 aliphatic rings. The number of carboxylic acids is 1. The minimum Gasteiger partial charge on any atom is -0.476 e. The number of carbonyl (C=O) groups excluding carboxylic acids is 1. The van der Waals surface area contributed by atoms with E-state index in [0.717, 1.165) is 25.9 Å². The first-order valence-electron chi connectivity index (χ1n) is 6.62. The monoisotopic (exact) mass is 278 g/mol. The lowest BCUT2D eigenvalue weighted by Gasteiger charge is -2.32. The summed E-state index contributed by atoms with van der Waals surface area (Å²) in [5, 5.41) is 19.2. The van der Waals surface area contributed by atoms with Crippen molar-refractivity contribution in [3.05, 3.63) is 17.8 Å². The number of aromatic carboxylic acids is 1. The van der Waals surface area contributed by atoms with Crippen LogP contribution in [-0.2, 0) is 4.79 Å². The number of carbonyl (C=O) groups is 2. The van der Waals surface area contributed by atoms with Gasteiger partial charge in [0.1, 0.15) is 0 Å². The molecular formula is C13H18N4O3. The highest BCUT2D eigenvalue weighted by Gasteiger charge is 2.20. The number of amides is 1.